The molecule has 1 aromatic heterocycles. The Morgan fingerprint density at radius 2 is 1.78 bits per heavy atom. The van der Waals surface area contributed by atoms with Gasteiger partial charge in [-0.2, -0.15) is 13.2 Å². The SMILES string of the molecule is O=C(NCc1ccnc(OCC(F)(F)F)c1)c1cc2ccccc2cc1NC(=O)C1CC1. The zero-order valence-electron chi connectivity index (χ0n) is 16.9. The summed E-state index contributed by atoms with van der Waals surface area (Å²) in [6, 6.07) is 13.9. The van der Waals surface area contributed by atoms with Gasteiger partial charge in [0, 0.05) is 24.7 Å². The maximum Gasteiger partial charge on any atom is 0.422 e. The van der Waals surface area contributed by atoms with Gasteiger partial charge in [-0.15, -0.1) is 0 Å². The van der Waals surface area contributed by atoms with Gasteiger partial charge in [0.2, 0.25) is 11.8 Å². The van der Waals surface area contributed by atoms with Crippen molar-refractivity contribution < 1.29 is 27.5 Å². The molecule has 1 saturated carbocycles. The Kier molecular flexibility index (Phi) is 5.98. The number of carbonyl (C=O) groups is 2. The highest BCUT2D eigenvalue weighted by Crippen LogP contribution is 2.32. The summed E-state index contributed by atoms with van der Waals surface area (Å²) in [6.45, 7) is -1.40. The predicted molar refractivity (Wildman–Crippen MR) is 112 cm³/mol. The molecule has 9 heteroatoms. The van der Waals surface area contributed by atoms with Crippen LogP contribution >= 0.6 is 0 Å². The summed E-state index contributed by atoms with van der Waals surface area (Å²) in [5, 5.41) is 7.32. The van der Waals surface area contributed by atoms with Gasteiger partial charge in [0.15, 0.2) is 6.61 Å². The van der Waals surface area contributed by atoms with Crippen LogP contribution in [0, 0.1) is 5.92 Å². The van der Waals surface area contributed by atoms with E-state index in [2.05, 4.69) is 20.4 Å². The van der Waals surface area contributed by atoms with E-state index in [4.69, 9.17) is 0 Å². The average molecular weight is 443 g/mol. The van der Waals surface area contributed by atoms with Crippen LogP contribution in [0.15, 0.2) is 54.7 Å². The van der Waals surface area contributed by atoms with Crippen LogP contribution in [-0.4, -0.2) is 29.6 Å². The summed E-state index contributed by atoms with van der Waals surface area (Å²) in [4.78, 5) is 29.0. The Labute approximate surface area is 181 Å². The first kappa shape index (κ1) is 21.6. The van der Waals surface area contributed by atoms with Crippen LogP contribution in [0.2, 0.25) is 0 Å². The third-order valence-electron chi connectivity index (χ3n) is 4.97. The largest absolute Gasteiger partial charge is 0.468 e. The van der Waals surface area contributed by atoms with E-state index in [1.165, 1.54) is 12.3 Å². The lowest BCUT2D eigenvalue weighted by Gasteiger charge is -2.14. The Bertz CT molecular complexity index is 1160. The minimum absolute atomic E-state index is 0.0238. The molecule has 166 valence electrons. The fourth-order valence-corrected chi connectivity index (χ4v) is 3.18. The molecule has 1 fully saturated rings. The predicted octanol–water partition coefficient (Wildman–Crippen LogP) is 4.45. The number of nitrogens with one attached hydrogen (secondary N) is 2. The average Bonchev–Trinajstić information content (AvgIpc) is 3.61. The molecule has 2 aromatic carbocycles. The lowest BCUT2D eigenvalue weighted by atomic mass is 10.0. The molecule has 0 bridgehead atoms. The van der Waals surface area contributed by atoms with E-state index >= 15 is 0 Å². The molecular weight excluding hydrogens is 423 g/mol. The second-order valence-electron chi connectivity index (χ2n) is 7.60. The van der Waals surface area contributed by atoms with Crippen molar-refractivity contribution in [1.29, 1.82) is 0 Å². The molecular formula is C23H20F3N3O3. The number of anilines is 1. The van der Waals surface area contributed by atoms with E-state index in [1.54, 1.807) is 18.2 Å². The third kappa shape index (κ3) is 5.54. The first-order valence-corrected chi connectivity index (χ1v) is 10.0. The minimum Gasteiger partial charge on any atom is -0.468 e. The number of ether oxygens (including phenoxy) is 1. The molecule has 0 aliphatic heterocycles. The standard InChI is InChI=1S/C23H20F3N3O3/c24-23(25,26)13-32-20-9-14(7-8-27-20)12-28-22(31)18-10-16-3-1-2-4-17(16)11-19(18)29-21(30)15-5-6-15/h1-4,7-11,15H,5-6,12-13H2,(H,28,31)(H,29,30). The lowest BCUT2D eigenvalue weighted by molar-refractivity contribution is -0.154. The maximum atomic E-state index is 12.9. The maximum absolute atomic E-state index is 12.9. The molecule has 2 N–H and O–H groups in total. The van der Waals surface area contributed by atoms with Gasteiger partial charge in [0.05, 0.1) is 11.3 Å². The summed E-state index contributed by atoms with van der Waals surface area (Å²) in [6.07, 6.45) is -1.49. The van der Waals surface area contributed by atoms with Gasteiger partial charge in [-0.25, -0.2) is 4.98 Å². The molecule has 0 atom stereocenters. The van der Waals surface area contributed by atoms with Crippen molar-refractivity contribution in [2.24, 2.45) is 5.92 Å². The van der Waals surface area contributed by atoms with Crippen LogP contribution in [0.5, 0.6) is 5.88 Å². The smallest absolute Gasteiger partial charge is 0.422 e. The van der Waals surface area contributed by atoms with Crippen LogP contribution in [0.4, 0.5) is 18.9 Å². The first-order valence-electron chi connectivity index (χ1n) is 10.0. The lowest BCUT2D eigenvalue weighted by Crippen LogP contribution is -2.25. The summed E-state index contributed by atoms with van der Waals surface area (Å²) >= 11 is 0. The molecule has 1 heterocycles. The van der Waals surface area contributed by atoms with Crippen molar-refractivity contribution in [3.8, 4) is 5.88 Å². The number of hydrogen-bond donors (Lipinski definition) is 2. The van der Waals surface area contributed by atoms with Crippen LogP contribution in [0.1, 0.15) is 28.8 Å². The van der Waals surface area contributed by atoms with Crippen molar-refractivity contribution in [2.75, 3.05) is 11.9 Å². The quantitative estimate of drug-likeness (QED) is 0.565. The zero-order chi connectivity index (χ0) is 22.7. The highest BCUT2D eigenvalue weighted by molar-refractivity contribution is 6.08. The van der Waals surface area contributed by atoms with E-state index in [1.807, 2.05) is 24.3 Å². The van der Waals surface area contributed by atoms with E-state index in [0.29, 0.717) is 16.8 Å². The molecule has 0 spiro atoms. The Hall–Kier alpha value is -3.62. The van der Waals surface area contributed by atoms with Gasteiger partial charge in [0.1, 0.15) is 0 Å². The molecule has 4 rings (SSSR count). The number of aromatic nitrogens is 1. The highest BCUT2D eigenvalue weighted by atomic mass is 19.4. The first-order chi connectivity index (χ1) is 15.3. The minimum atomic E-state index is -4.47. The van der Waals surface area contributed by atoms with E-state index in [0.717, 1.165) is 23.6 Å². The van der Waals surface area contributed by atoms with Gasteiger partial charge in [-0.1, -0.05) is 24.3 Å². The molecule has 32 heavy (non-hydrogen) atoms. The summed E-state index contributed by atoms with van der Waals surface area (Å²) in [5.74, 6) is -0.743. The van der Waals surface area contributed by atoms with E-state index in [9.17, 15) is 22.8 Å². The fraction of sp³-hybridized carbons (Fsp3) is 0.261. The molecule has 0 unspecified atom stereocenters. The molecule has 0 radical (unpaired) electrons. The second-order valence-corrected chi connectivity index (χ2v) is 7.60. The van der Waals surface area contributed by atoms with Crippen LogP contribution < -0.4 is 15.4 Å². The summed E-state index contributed by atoms with van der Waals surface area (Å²) in [5.41, 5.74) is 1.25. The van der Waals surface area contributed by atoms with Gasteiger partial charge in [-0.3, -0.25) is 9.59 Å². The Balaban J connectivity index is 1.50. The topological polar surface area (TPSA) is 80.3 Å². The molecule has 0 saturated heterocycles. The number of pyridine rings is 1. The number of carbonyl (C=O) groups excluding carboxylic acids is 2. The fourth-order valence-electron chi connectivity index (χ4n) is 3.18. The van der Waals surface area contributed by atoms with Gasteiger partial charge in [-0.05, 0) is 47.4 Å². The van der Waals surface area contributed by atoms with Gasteiger partial charge >= 0.3 is 6.18 Å². The monoisotopic (exact) mass is 443 g/mol. The molecule has 1 aliphatic carbocycles. The molecule has 1 aliphatic rings. The number of alkyl halides is 3. The molecule has 2 amide bonds. The zero-order valence-corrected chi connectivity index (χ0v) is 16.9. The van der Waals surface area contributed by atoms with Crippen LogP contribution in [0.25, 0.3) is 10.8 Å². The van der Waals surface area contributed by atoms with Crippen molar-refractivity contribution in [3.05, 3.63) is 65.9 Å². The van der Waals surface area contributed by atoms with Gasteiger partial charge in [0.25, 0.3) is 5.91 Å². The van der Waals surface area contributed by atoms with Crippen molar-refractivity contribution in [3.63, 3.8) is 0 Å². The number of rotatable bonds is 7. The Morgan fingerprint density at radius 3 is 2.47 bits per heavy atom. The van der Waals surface area contributed by atoms with Crippen molar-refractivity contribution in [2.45, 2.75) is 25.6 Å². The van der Waals surface area contributed by atoms with Gasteiger partial charge < -0.3 is 15.4 Å². The van der Waals surface area contributed by atoms with Crippen molar-refractivity contribution >= 4 is 28.3 Å². The molecule has 3 aromatic rings. The number of amides is 2. The molecule has 6 nitrogen and oxygen atoms in total. The Morgan fingerprint density at radius 1 is 1.06 bits per heavy atom. The number of hydrogen-bond acceptors (Lipinski definition) is 4. The van der Waals surface area contributed by atoms with Crippen molar-refractivity contribution in [1.82, 2.24) is 10.3 Å². The summed E-state index contributed by atoms with van der Waals surface area (Å²) < 4.78 is 41.7. The number of nitrogens with zero attached hydrogens (tertiary/aromatic N) is 1. The number of benzene rings is 2. The number of fused-ring (bicyclic) bond motifs is 1. The highest BCUT2D eigenvalue weighted by Gasteiger charge is 2.30. The number of halogens is 3. The third-order valence-corrected chi connectivity index (χ3v) is 4.97. The van der Waals surface area contributed by atoms with Crippen LogP contribution in [0.3, 0.4) is 0 Å². The summed E-state index contributed by atoms with van der Waals surface area (Å²) in [7, 11) is 0. The second kappa shape index (κ2) is 8.86. The van der Waals surface area contributed by atoms with E-state index in [-0.39, 0.29) is 24.2 Å². The normalized spacial score (nSPS) is 13.6. The van der Waals surface area contributed by atoms with E-state index < -0.39 is 18.7 Å². The van der Waals surface area contributed by atoms with Crippen LogP contribution in [-0.2, 0) is 11.3 Å².